The fraction of sp³-hybridized carbons (Fsp3) is 0.385. The monoisotopic (exact) mass is 244 g/mol. The van der Waals surface area contributed by atoms with Crippen LogP contribution in [0.3, 0.4) is 0 Å². The van der Waals surface area contributed by atoms with Crippen LogP contribution in [0.2, 0.25) is 0 Å². The molecule has 3 rings (SSSR count). The fourth-order valence-electron chi connectivity index (χ4n) is 2.40. The van der Waals surface area contributed by atoms with Crippen molar-refractivity contribution in [3.8, 4) is 11.4 Å². The lowest BCUT2D eigenvalue weighted by molar-refractivity contribution is 0.412. The molecule has 1 N–H and O–H groups in total. The van der Waals surface area contributed by atoms with Crippen LogP contribution in [0.1, 0.15) is 24.7 Å². The maximum Gasteiger partial charge on any atom is 0.154 e. The number of rotatable bonds is 3. The Hall–Kier alpha value is -1.88. The van der Waals surface area contributed by atoms with Gasteiger partial charge in [-0.2, -0.15) is 0 Å². The van der Waals surface area contributed by atoms with Gasteiger partial charge in [0.2, 0.25) is 0 Å². The highest BCUT2D eigenvalue weighted by Crippen LogP contribution is 2.27. The van der Waals surface area contributed by atoms with Crippen molar-refractivity contribution >= 4 is 0 Å². The Bertz CT molecular complexity index is 531. The van der Waals surface area contributed by atoms with Crippen LogP contribution in [0, 0.1) is 0 Å². The third-order valence-corrected chi connectivity index (χ3v) is 3.29. The summed E-state index contributed by atoms with van der Waals surface area (Å²) in [5, 5.41) is 11.7. The summed E-state index contributed by atoms with van der Waals surface area (Å²) in [5.74, 6) is 1.79. The smallest absolute Gasteiger partial charge is 0.154 e. The van der Waals surface area contributed by atoms with Crippen LogP contribution in [0.15, 0.2) is 30.6 Å². The number of nitrogens with zero attached hydrogens (tertiary/aromatic N) is 3. The average molecular weight is 244 g/mol. The Labute approximate surface area is 106 Å². The van der Waals surface area contributed by atoms with Crippen molar-refractivity contribution < 1.29 is 4.74 Å². The lowest BCUT2D eigenvalue weighted by Gasteiger charge is -2.14. The molecule has 5 heteroatoms. The molecule has 18 heavy (non-hydrogen) atoms. The van der Waals surface area contributed by atoms with Gasteiger partial charge < -0.3 is 10.1 Å². The molecule has 1 aromatic carbocycles. The second-order valence-corrected chi connectivity index (χ2v) is 4.38. The summed E-state index contributed by atoms with van der Waals surface area (Å²) >= 11 is 0. The maximum atomic E-state index is 5.39. The molecule has 0 bridgehead atoms. The number of para-hydroxylation sites is 2. The van der Waals surface area contributed by atoms with E-state index in [1.54, 1.807) is 13.4 Å². The van der Waals surface area contributed by atoms with Crippen LogP contribution in [0.25, 0.3) is 5.69 Å². The second kappa shape index (κ2) is 4.78. The molecule has 0 amide bonds. The largest absolute Gasteiger partial charge is 0.495 e. The van der Waals surface area contributed by atoms with Gasteiger partial charge in [-0.25, -0.2) is 0 Å². The van der Waals surface area contributed by atoms with Crippen LogP contribution in [-0.4, -0.2) is 28.4 Å². The van der Waals surface area contributed by atoms with Gasteiger partial charge >= 0.3 is 0 Å². The number of methoxy groups -OCH3 is 1. The molecule has 5 nitrogen and oxygen atoms in total. The van der Waals surface area contributed by atoms with E-state index < -0.39 is 0 Å². The maximum absolute atomic E-state index is 5.39. The number of ether oxygens (including phenoxy) is 1. The zero-order valence-electron chi connectivity index (χ0n) is 10.3. The highest BCUT2D eigenvalue weighted by molar-refractivity contribution is 5.47. The van der Waals surface area contributed by atoms with E-state index in [2.05, 4.69) is 15.5 Å². The minimum absolute atomic E-state index is 0.289. The third-order valence-electron chi connectivity index (χ3n) is 3.29. The Morgan fingerprint density at radius 3 is 3.06 bits per heavy atom. The molecule has 1 atom stereocenters. The molecule has 1 unspecified atom stereocenters. The van der Waals surface area contributed by atoms with E-state index in [1.807, 2.05) is 28.8 Å². The van der Waals surface area contributed by atoms with E-state index in [0.29, 0.717) is 0 Å². The van der Waals surface area contributed by atoms with E-state index in [4.69, 9.17) is 4.74 Å². The summed E-state index contributed by atoms with van der Waals surface area (Å²) in [4.78, 5) is 0. The van der Waals surface area contributed by atoms with Gasteiger partial charge in [-0.1, -0.05) is 12.1 Å². The summed E-state index contributed by atoms with van der Waals surface area (Å²) in [7, 11) is 1.68. The van der Waals surface area contributed by atoms with Crippen LogP contribution in [0.5, 0.6) is 5.75 Å². The first-order chi connectivity index (χ1) is 8.90. The SMILES string of the molecule is COc1ccccc1-n1cnnc1C1CCCN1. The van der Waals surface area contributed by atoms with Crippen LogP contribution < -0.4 is 10.1 Å². The number of hydrogen-bond acceptors (Lipinski definition) is 4. The van der Waals surface area contributed by atoms with E-state index in [9.17, 15) is 0 Å². The number of benzene rings is 1. The molecule has 1 aliphatic rings. The summed E-state index contributed by atoms with van der Waals surface area (Å²) < 4.78 is 7.39. The summed E-state index contributed by atoms with van der Waals surface area (Å²) in [6.07, 6.45) is 4.03. The van der Waals surface area contributed by atoms with E-state index in [0.717, 1.165) is 30.2 Å². The Balaban J connectivity index is 2.03. The Morgan fingerprint density at radius 2 is 2.28 bits per heavy atom. The fourth-order valence-corrected chi connectivity index (χ4v) is 2.40. The van der Waals surface area contributed by atoms with Gasteiger partial charge in [0, 0.05) is 0 Å². The lowest BCUT2D eigenvalue weighted by Crippen LogP contribution is -2.17. The summed E-state index contributed by atoms with van der Waals surface area (Å²) in [6, 6.07) is 8.20. The van der Waals surface area contributed by atoms with Crippen LogP contribution in [-0.2, 0) is 0 Å². The van der Waals surface area contributed by atoms with Gasteiger partial charge in [0.1, 0.15) is 12.1 Å². The predicted molar refractivity (Wildman–Crippen MR) is 67.9 cm³/mol. The Morgan fingerprint density at radius 1 is 1.39 bits per heavy atom. The number of nitrogens with one attached hydrogen (secondary N) is 1. The predicted octanol–water partition coefficient (Wildman–Crippen LogP) is 1.70. The van der Waals surface area contributed by atoms with Crippen LogP contribution in [0.4, 0.5) is 0 Å². The molecular formula is C13H16N4O. The van der Waals surface area contributed by atoms with Crippen molar-refractivity contribution in [2.45, 2.75) is 18.9 Å². The molecule has 2 heterocycles. The molecule has 0 aliphatic carbocycles. The first-order valence-corrected chi connectivity index (χ1v) is 6.17. The van der Waals surface area contributed by atoms with Crippen molar-refractivity contribution in [3.05, 3.63) is 36.4 Å². The quantitative estimate of drug-likeness (QED) is 0.893. The molecule has 1 aliphatic heterocycles. The van der Waals surface area contributed by atoms with E-state index in [1.165, 1.54) is 6.42 Å². The van der Waals surface area contributed by atoms with Gasteiger partial charge in [0.25, 0.3) is 0 Å². The van der Waals surface area contributed by atoms with Gasteiger partial charge in [-0.05, 0) is 31.5 Å². The van der Waals surface area contributed by atoms with Gasteiger partial charge in [0.05, 0.1) is 18.8 Å². The molecule has 1 aromatic heterocycles. The highest BCUT2D eigenvalue weighted by atomic mass is 16.5. The van der Waals surface area contributed by atoms with Gasteiger partial charge in [0.15, 0.2) is 5.82 Å². The standard InChI is InChI=1S/C13H16N4O/c1-18-12-7-3-2-6-11(12)17-9-15-16-13(17)10-5-4-8-14-10/h2-3,6-7,9-10,14H,4-5,8H2,1H3. The second-order valence-electron chi connectivity index (χ2n) is 4.38. The Kier molecular flexibility index (Phi) is 2.98. The topological polar surface area (TPSA) is 52.0 Å². The minimum Gasteiger partial charge on any atom is -0.495 e. The van der Waals surface area contributed by atoms with E-state index >= 15 is 0 Å². The third kappa shape index (κ3) is 1.86. The number of aromatic nitrogens is 3. The molecule has 0 radical (unpaired) electrons. The van der Waals surface area contributed by atoms with Crippen LogP contribution >= 0.6 is 0 Å². The molecule has 94 valence electrons. The lowest BCUT2D eigenvalue weighted by atomic mass is 10.2. The molecule has 1 saturated heterocycles. The average Bonchev–Trinajstić information content (AvgIpc) is 3.09. The minimum atomic E-state index is 0.289. The molecule has 2 aromatic rings. The van der Waals surface area contributed by atoms with Crippen molar-refractivity contribution in [1.29, 1.82) is 0 Å². The van der Waals surface area contributed by atoms with Crippen molar-refractivity contribution in [2.75, 3.05) is 13.7 Å². The molecule has 1 fully saturated rings. The van der Waals surface area contributed by atoms with Crippen molar-refractivity contribution in [2.24, 2.45) is 0 Å². The normalized spacial score (nSPS) is 19.1. The summed E-state index contributed by atoms with van der Waals surface area (Å²) in [5.41, 5.74) is 0.980. The first-order valence-electron chi connectivity index (χ1n) is 6.17. The molecule has 0 saturated carbocycles. The van der Waals surface area contributed by atoms with Gasteiger partial charge in [-0.3, -0.25) is 4.57 Å². The zero-order valence-corrected chi connectivity index (χ0v) is 10.3. The summed E-state index contributed by atoms with van der Waals surface area (Å²) in [6.45, 7) is 1.05. The molecular weight excluding hydrogens is 228 g/mol. The van der Waals surface area contributed by atoms with Gasteiger partial charge in [-0.15, -0.1) is 10.2 Å². The molecule has 0 spiro atoms. The van der Waals surface area contributed by atoms with E-state index in [-0.39, 0.29) is 6.04 Å². The zero-order chi connectivity index (χ0) is 12.4. The van der Waals surface area contributed by atoms with Crippen molar-refractivity contribution in [1.82, 2.24) is 20.1 Å². The highest BCUT2D eigenvalue weighted by Gasteiger charge is 2.22. The number of hydrogen-bond donors (Lipinski definition) is 1. The first kappa shape index (κ1) is 11.2. The van der Waals surface area contributed by atoms with Crippen molar-refractivity contribution in [3.63, 3.8) is 0 Å².